The van der Waals surface area contributed by atoms with Gasteiger partial charge >= 0.3 is 0 Å². The molecule has 0 saturated carbocycles. The summed E-state index contributed by atoms with van der Waals surface area (Å²) in [5, 5.41) is 4.60. The number of anilines is 1. The first-order chi connectivity index (χ1) is 9.36. The number of fused-ring (bicyclic) bond motifs is 1. The number of nitrogens with one attached hydrogen (secondary N) is 1. The Balaban J connectivity index is 1.74. The molecule has 0 atom stereocenters. The van der Waals surface area contributed by atoms with Crippen LogP contribution in [-0.4, -0.2) is 6.26 Å². The second-order valence-electron chi connectivity index (χ2n) is 4.34. The summed E-state index contributed by atoms with van der Waals surface area (Å²) in [6, 6.07) is 16.6. The Bertz CT molecular complexity index is 673. The molecule has 1 N–H and O–H groups in total. The molecular weight excluding hydrogens is 254 g/mol. The van der Waals surface area contributed by atoms with Gasteiger partial charge in [-0.25, -0.2) is 0 Å². The fraction of sp³-hybridized carbons (Fsp3) is 0.125. The molecule has 19 heavy (non-hydrogen) atoms. The Hall–Kier alpha value is -1.87. The normalized spacial score (nSPS) is 10.8. The van der Waals surface area contributed by atoms with Crippen molar-refractivity contribution in [2.24, 2.45) is 0 Å². The molecule has 3 heteroatoms. The molecular formula is C16H15NOS. The summed E-state index contributed by atoms with van der Waals surface area (Å²) < 4.78 is 5.53. The van der Waals surface area contributed by atoms with Crippen molar-refractivity contribution < 1.29 is 4.42 Å². The summed E-state index contributed by atoms with van der Waals surface area (Å²) in [6.07, 6.45) is 3.91. The Morgan fingerprint density at radius 3 is 2.63 bits per heavy atom. The van der Waals surface area contributed by atoms with Gasteiger partial charge in [0.2, 0.25) is 0 Å². The SMILES string of the molecule is CSc1ccc(NCc2coc3ccccc23)cc1. The number of furan rings is 1. The Labute approximate surface area is 116 Å². The van der Waals surface area contributed by atoms with E-state index in [1.54, 1.807) is 11.8 Å². The van der Waals surface area contributed by atoms with E-state index in [-0.39, 0.29) is 0 Å². The van der Waals surface area contributed by atoms with Gasteiger partial charge in [-0.1, -0.05) is 18.2 Å². The maximum absolute atomic E-state index is 5.53. The number of rotatable bonds is 4. The van der Waals surface area contributed by atoms with Gasteiger partial charge in [0.15, 0.2) is 0 Å². The Morgan fingerprint density at radius 2 is 1.84 bits per heavy atom. The van der Waals surface area contributed by atoms with Crippen LogP contribution in [0, 0.1) is 0 Å². The molecule has 0 radical (unpaired) electrons. The highest BCUT2D eigenvalue weighted by Crippen LogP contribution is 2.22. The van der Waals surface area contributed by atoms with Gasteiger partial charge in [-0.2, -0.15) is 0 Å². The number of benzene rings is 2. The molecule has 96 valence electrons. The number of hydrogen-bond donors (Lipinski definition) is 1. The van der Waals surface area contributed by atoms with Crippen LogP contribution in [0.1, 0.15) is 5.56 Å². The van der Waals surface area contributed by atoms with Crippen molar-refractivity contribution in [1.29, 1.82) is 0 Å². The summed E-state index contributed by atoms with van der Waals surface area (Å²) in [4.78, 5) is 1.28. The fourth-order valence-electron chi connectivity index (χ4n) is 2.08. The Kier molecular flexibility index (Phi) is 3.47. The third kappa shape index (κ3) is 2.61. The Morgan fingerprint density at radius 1 is 1.05 bits per heavy atom. The lowest BCUT2D eigenvalue weighted by atomic mass is 10.2. The molecule has 0 spiro atoms. The van der Waals surface area contributed by atoms with Crippen molar-refractivity contribution in [3.05, 3.63) is 60.4 Å². The van der Waals surface area contributed by atoms with Crippen LogP contribution in [0.15, 0.2) is 64.1 Å². The predicted octanol–water partition coefficient (Wildman–Crippen LogP) is 4.77. The molecule has 0 aliphatic rings. The zero-order chi connectivity index (χ0) is 13.1. The van der Waals surface area contributed by atoms with E-state index in [9.17, 15) is 0 Å². The minimum absolute atomic E-state index is 0.773. The second-order valence-corrected chi connectivity index (χ2v) is 5.22. The summed E-state index contributed by atoms with van der Waals surface area (Å²) in [6.45, 7) is 0.773. The van der Waals surface area contributed by atoms with Crippen LogP contribution in [0.5, 0.6) is 0 Å². The van der Waals surface area contributed by atoms with E-state index < -0.39 is 0 Å². The lowest BCUT2D eigenvalue weighted by Crippen LogP contribution is -1.98. The standard InChI is InChI=1S/C16H15NOS/c1-19-14-8-6-13(7-9-14)17-10-12-11-18-16-5-3-2-4-15(12)16/h2-9,11,17H,10H2,1H3. The summed E-state index contributed by atoms with van der Waals surface area (Å²) in [7, 11) is 0. The molecule has 0 bridgehead atoms. The molecule has 0 fully saturated rings. The van der Waals surface area contributed by atoms with Crippen LogP contribution >= 0.6 is 11.8 Å². The highest BCUT2D eigenvalue weighted by Gasteiger charge is 2.04. The van der Waals surface area contributed by atoms with Crippen molar-refractivity contribution in [3.8, 4) is 0 Å². The van der Waals surface area contributed by atoms with Gasteiger partial charge in [-0.15, -0.1) is 11.8 Å². The number of para-hydroxylation sites is 1. The molecule has 0 amide bonds. The van der Waals surface area contributed by atoms with Crippen molar-refractivity contribution in [2.75, 3.05) is 11.6 Å². The summed E-state index contributed by atoms with van der Waals surface area (Å²) in [5.74, 6) is 0. The number of thioether (sulfide) groups is 1. The molecule has 3 aromatic rings. The van der Waals surface area contributed by atoms with E-state index >= 15 is 0 Å². The van der Waals surface area contributed by atoms with Crippen LogP contribution in [0.3, 0.4) is 0 Å². The molecule has 0 aliphatic carbocycles. The zero-order valence-corrected chi connectivity index (χ0v) is 11.5. The van der Waals surface area contributed by atoms with Gasteiger partial charge in [0.25, 0.3) is 0 Å². The molecule has 0 aliphatic heterocycles. The monoisotopic (exact) mass is 269 g/mol. The minimum atomic E-state index is 0.773. The van der Waals surface area contributed by atoms with Crippen molar-refractivity contribution in [2.45, 2.75) is 11.4 Å². The fourth-order valence-corrected chi connectivity index (χ4v) is 2.48. The third-order valence-electron chi connectivity index (χ3n) is 3.13. The lowest BCUT2D eigenvalue weighted by Gasteiger charge is -2.05. The molecule has 1 heterocycles. The van der Waals surface area contributed by atoms with E-state index in [0.29, 0.717) is 0 Å². The van der Waals surface area contributed by atoms with Crippen molar-refractivity contribution in [1.82, 2.24) is 0 Å². The predicted molar refractivity (Wildman–Crippen MR) is 81.8 cm³/mol. The number of hydrogen-bond acceptors (Lipinski definition) is 3. The van der Waals surface area contributed by atoms with E-state index in [4.69, 9.17) is 4.42 Å². The maximum Gasteiger partial charge on any atom is 0.134 e. The smallest absolute Gasteiger partial charge is 0.134 e. The first-order valence-electron chi connectivity index (χ1n) is 6.20. The van der Waals surface area contributed by atoms with Crippen molar-refractivity contribution >= 4 is 28.4 Å². The highest BCUT2D eigenvalue weighted by atomic mass is 32.2. The first-order valence-corrected chi connectivity index (χ1v) is 7.42. The molecule has 3 rings (SSSR count). The first kappa shape index (κ1) is 12.2. The van der Waals surface area contributed by atoms with Gasteiger partial charge in [0.1, 0.15) is 5.58 Å². The van der Waals surface area contributed by atoms with E-state index in [1.165, 1.54) is 15.8 Å². The van der Waals surface area contributed by atoms with Crippen LogP contribution in [0.25, 0.3) is 11.0 Å². The summed E-state index contributed by atoms with van der Waals surface area (Å²) in [5.41, 5.74) is 3.25. The zero-order valence-electron chi connectivity index (χ0n) is 10.7. The van der Waals surface area contributed by atoms with E-state index in [0.717, 1.165) is 17.8 Å². The van der Waals surface area contributed by atoms with Gasteiger partial charge in [-0.05, 0) is 36.6 Å². The van der Waals surface area contributed by atoms with E-state index in [1.807, 2.05) is 24.5 Å². The van der Waals surface area contributed by atoms with Gasteiger partial charge in [-0.3, -0.25) is 0 Å². The quantitative estimate of drug-likeness (QED) is 0.691. The van der Waals surface area contributed by atoms with Crippen molar-refractivity contribution in [3.63, 3.8) is 0 Å². The molecule has 0 unspecified atom stereocenters. The average molecular weight is 269 g/mol. The molecule has 0 saturated heterocycles. The van der Waals surface area contributed by atoms with Crippen LogP contribution in [-0.2, 0) is 6.54 Å². The maximum atomic E-state index is 5.53. The second kappa shape index (κ2) is 5.41. The van der Waals surface area contributed by atoms with Crippen LogP contribution < -0.4 is 5.32 Å². The lowest BCUT2D eigenvalue weighted by molar-refractivity contribution is 0.611. The highest BCUT2D eigenvalue weighted by molar-refractivity contribution is 7.98. The largest absolute Gasteiger partial charge is 0.464 e. The third-order valence-corrected chi connectivity index (χ3v) is 3.88. The summed E-state index contributed by atoms with van der Waals surface area (Å²) >= 11 is 1.75. The van der Waals surface area contributed by atoms with Crippen LogP contribution in [0.2, 0.25) is 0 Å². The molecule has 1 aromatic heterocycles. The van der Waals surface area contributed by atoms with Gasteiger partial charge in [0, 0.05) is 28.1 Å². The molecule has 2 nitrogen and oxygen atoms in total. The van der Waals surface area contributed by atoms with Gasteiger partial charge in [0.05, 0.1) is 6.26 Å². The molecule has 2 aromatic carbocycles. The van der Waals surface area contributed by atoms with E-state index in [2.05, 4.69) is 41.9 Å². The topological polar surface area (TPSA) is 25.2 Å². The minimum Gasteiger partial charge on any atom is -0.464 e. The van der Waals surface area contributed by atoms with Gasteiger partial charge < -0.3 is 9.73 Å². The van der Waals surface area contributed by atoms with Crippen LogP contribution in [0.4, 0.5) is 5.69 Å². The average Bonchev–Trinajstić information content (AvgIpc) is 2.89.